The van der Waals surface area contributed by atoms with Crippen molar-refractivity contribution in [3.63, 3.8) is 0 Å². The third-order valence-electron chi connectivity index (χ3n) is 6.60. The molecule has 0 aromatic heterocycles. The van der Waals surface area contributed by atoms with Crippen molar-refractivity contribution in [3.8, 4) is 0 Å². The summed E-state index contributed by atoms with van der Waals surface area (Å²) in [5.74, 6) is 3.44. The second-order valence-electron chi connectivity index (χ2n) is 7.87. The molecule has 0 N–H and O–H groups in total. The molecule has 4 atom stereocenters. The van der Waals surface area contributed by atoms with Gasteiger partial charge in [-0.2, -0.15) is 0 Å². The van der Waals surface area contributed by atoms with Crippen LogP contribution >= 0.6 is 0 Å². The summed E-state index contributed by atoms with van der Waals surface area (Å²) in [4.78, 5) is 0. The highest BCUT2D eigenvalue weighted by atomic mass is 19.1. The third-order valence-corrected chi connectivity index (χ3v) is 6.60. The maximum Gasteiger partial charge on any atom is 0.123 e. The molecular formula is C22H27F. The Kier molecular flexibility index (Phi) is 4.13. The van der Waals surface area contributed by atoms with Crippen LogP contribution in [-0.4, -0.2) is 0 Å². The Morgan fingerprint density at radius 3 is 2.52 bits per heavy atom. The standard InChI is InChI=1S/C22H27F/c1-2-15-3-4-18-12-19(8-7-17(18)11-15)20-6-5-16-9-10-22(23)14-21(16)13-20/h5-6,9-10,13-15,17-19H,2-4,7-8,11-12H2,1H3. The van der Waals surface area contributed by atoms with Crippen LogP contribution in [0.4, 0.5) is 4.39 Å². The summed E-state index contributed by atoms with van der Waals surface area (Å²) >= 11 is 0. The first-order chi connectivity index (χ1) is 11.2. The Hall–Kier alpha value is -1.37. The topological polar surface area (TPSA) is 0 Å². The molecule has 0 spiro atoms. The molecule has 2 fully saturated rings. The lowest BCUT2D eigenvalue weighted by atomic mass is 9.63. The summed E-state index contributed by atoms with van der Waals surface area (Å²) in [6.07, 6.45) is 9.77. The van der Waals surface area contributed by atoms with Crippen LogP contribution in [0.15, 0.2) is 36.4 Å². The second-order valence-corrected chi connectivity index (χ2v) is 7.87. The molecule has 0 bridgehead atoms. The van der Waals surface area contributed by atoms with Gasteiger partial charge in [0.25, 0.3) is 0 Å². The van der Waals surface area contributed by atoms with Gasteiger partial charge in [0, 0.05) is 0 Å². The molecule has 2 aromatic carbocycles. The quantitative estimate of drug-likeness (QED) is 0.579. The Morgan fingerprint density at radius 2 is 1.65 bits per heavy atom. The number of hydrogen-bond donors (Lipinski definition) is 0. The lowest BCUT2D eigenvalue weighted by molar-refractivity contribution is 0.116. The smallest absolute Gasteiger partial charge is 0.123 e. The van der Waals surface area contributed by atoms with Crippen LogP contribution in [0.1, 0.15) is 63.4 Å². The summed E-state index contributed by atoms with van der Waals surface area (Å²) in [5.41, 5.74) is 1.43. The van der Waals surface area contributed by atoms with E-state index in [9.17, 15) is 4.39 Å². The minimum Gasteiger partial charge on any atom is -0.207 e. The van der Waals surface area contributed by atoms with Gasteiger partial charge in [0.05, 0.1) is 0 Å². The van der Waals surface area contributed by atoms with Gasteiger partial charge >= 0.3 is 0 Å². The van der Waals surface area contributed by atoms with Crippen LogP contribution in [0, 0.1) is 23.6 Å². The minimum absolute atomic E-state index is 0.128. The fourth-order valence-corrected chi connectivity index (χ4v) is 5.15. The number of hydrogen-bond acceptors (Lipinski definition) is 0. The van der Waals surface area contributed by atoms with Crippen LogP contribution in [0.3, 0.4) is 0 Å². The first-order valence-electron chi connectivity index (χ1n) is 9.42. The van der Waals surface area contributed by atoms with E-state index in [1.54, 1.807) is 12.1 Å². The highest BCUT2D eigenvalue weighted by Crippen LogP contribution is 2.48. The van der Waals surface area contributed by atoms with Gasteiger partial charge < -0.3 is 0 Å². The van der Waals surface area contributed by atoms with Gasteiger partial charge in [-0.25, -0.2) is 4.39 Å². The molecule has 0 saturated heterocycles. The summed E-state index contributed by atoms with van der Waals surface area (Å²) in [6, 6.07) is 11.8. The molecule has 4 unspecified atom stereocenters. The molecule has 4 rings (SSSR count). The molecule has 2 aromatic rings. The normalized spacial score (nSPS) is 31.0. The molecule has 1 heteroatoms. The fourth-order valence-electron chi connectivity index (χ4n) is 5.15. The zero-order valence-corrected chi connectivity index (χ0v) is 14.1. The monoisotopic (exact) mass is 310 g/mol. The fraction of sp³-hybridized carbons (Fsp3) is 0.545. The van der Waals surface area contributed by atoms with E-state index in [1.165, 1.54) is 50.5 Å². The van der Waals surface area contributed by atoms with Crippen molar-refractivity contribution < 1.29 is 4.39 Å². The van der Waals surface area contributed by atoms with Gasteiger partial charge in [0.2, 0.25) is 0 Å². The van der Waals surface area contributed by atoms with Crippen molar-refractivity contribution in [2.75, 3.05) is 0 Å². The molecule has 122 valence electrons. The lowest BCUT2D eigenvalue weighted by Gasteiger charge is -2.42. The SMILES string of the molecule is CCC1CCC2CC(c3ccc4ccc(F)cc4c3)CCC2C1. The maximum absolute atomic E-state index is 13.5. The molecule has 0 radical (unpaired) electrons. The van der Waals surface area contributed by atoms with Crippen molar-refractivity contribution in [2.45, 2.75) is 57.8 Å². The summed E-state index contributed by atoms with van der Waals surface area (Å²) in [5, 5.41) is 2.20. The van der Waals surface area contributed by atoms with Gasteiger partial charge in [-0.1, -0.05) is 44.0 Å². The van der Waals surface area contributed by atoms with E-state index in [4.69, 9.17) is 0 Å². The van der Waals surface area contributed by atoms with Crippen LogP contribution in [0.5, 0.6) is 0 Å². The molecule has 2 saturated carbocycles. The molecule has 0 amide bonds. The van der Waals surface area contributed by atoms with Gasteiger partial charge in [0.1, 0.15) is 5.82 Å². The Morgan fingerprint density at radius 1 is 0.870 bits per heavy atom. The van der Waals surface area contributed by atoms with E-state index in [0.717, 1.165) is 28.5 Å². The number of fused-ring (bicyclic) bond motifs is 2. The van der Waals surface area contributed by atoms with Gasteiger partial charge in [-0.3, -0.25) is 0 Å². The Balaban J connectivity index is 1.53. The highest BCUT2D eigenvalue weighted by Gasteiger charge is 2.35. The van der Waals surface area contributed by atoms with Gasteiger partial charge in [-0.05, 0) is 84.2 Å². The van der Waals surface area contributed by atoms with Crippen molar-refractivity contribution in [1.82, 2.24) is 0 Å². The maximum atomic E-state index is 13.5. The van der Waals surface area contributed by atoms with Gasteiger partial charge in [-0.15, -0.1) is 0 Å². The average Bonchev–Trinajstić information content (AvgIpc) is 2.60. The van der Waals surface area contributed by atoms with Crippen LogP contribution < -0.4 is 0 Å². The molecule has 23 heavy (non-hydrogen) atoms. The summed E-state index contributed by atoms with van der Waals surface area (Å²) in [6.45, 7) is 2.35. The van der Waals surface area contributed by atoms with Crippen LogP contribution in [0.2, 0.25) is 0 Å². The van der Waals surface area contributed by atoms with E-state index >= 15 is 0 Å². The van der Waals surface area contributed by atoms with Crippen molar-refractivity contribution in [1.29, 1.82) is 0 Å². The van der Waals surface area contributed by atoms with E-state index in [0.29, 0.717) is 5.92 Å². The van der Waals surface area contributed by atoms with Crippen molar-refractivity contribution in [3.05, 3.63) is 47.8 Å². The molecule has 0 nitrogen and oxygen atoms in total. The zero-order chi connectivity index (χ0) is 15.8. The Labute approximate surface area is 139 Å². The van der Waals surface area contributed by atoms with E-state index in [-0.39, 0.29) is 5.82 Å². The van der Waals surface area contributed by atoms with Crippen LogP contribution in [0.25, 0.3) is 10.8 Å². The second kappa shape index (κ2) is 6.26. The predicted octanol–water partition coefficient (Wildman–Crippen LogP) is 6.69. The Bertz CT molecular complexity index is 689. The molecule has 0 heterocycles. The molecule has 0 aliphatic heterocycles. The van der Waals surface area contributed by atoms with Gasteiger partial charge in [0.15, 0.2) is 0 Å². The largest absolute Gasteiger partial charge is 0.207 e. The summed E-state index contributed by atoms with van der Waals surface area (Å²) < 4.78 is 13.5. The average molecular weight is 310 g/mol. The van der Waals surface area contributed by atoms with E-state index in [2.05, 4.69) is 25.1 Å². The molecule has 2 aliphatic rings. The summed E-state index contributed by atoms with van der Waals surface area (Å²) in [7, 11) is 0. The zero-order valence-electron chi connectivity index (χ0n) is 14.1. The minimum atomic E-state index is -0.128. The highest BCUT2D eigenvalue weighted by molar-refractivity contribution is 5.83. The first-order valence-corrected chi connectivity index (χ1v) is 9.42. The number of benzene rings is 2. The van der Waals surface area contributed by atoms with Crippen molar-refractivity contribution in [2.24, 2.45) is 17.8 Å². The lowest BCUT2D eigenvalue weighted by Crippen LogP contribution is -2.30. The number of rotatable bonds is 2. The number of halogens is 1. The third kappa shape index (κ3) is 3.03. The van der Waals surface area contributed by atoms with E-state index in [1.807, 2.05) is 6.07 Å². The van der Waals surface area contributed by atoms with Crippen LogP contribution in [-0.2, 0) is 0 Å². The predicted molar refractivity (Wildman–Crippen MR) is 95.1 cm³/mol. The molecule has 2 aliphatic carbocycles. The molecular weight excluding hydrogens is 283 g/mol. The first kappa shape index (κ1) is 15.2. The van der Waals surface area contributed by atoms with Crippen molar-refractivity contribution >= 4 is 10.8 Å². The van der Waals surface area contributed by atoms with E-state index < -0.39 is 0 Å².